The van der Waals surface area contributed by atoms with E-state index < -0.39 is 0 Å². The van der Waals surface area contributed by atoms with E-state index in [1.54, 1.807) is 0 Å². The summed E-state index contributed by atoms with van der Waals surface area (Å²) >= 11 is 17.6. The van der Waals surface area contributed by atoms with E-state index in [9.17, 15) is 0 Å². The van der Waals surface area contributed by atoms with Crippen LogP contribution in [0.5, 0.6) is 0 Å². The van der Waals surface area contributed by atoms with Crippen LogP contribution in [0, 0.1) is 0 Å². The summed E-state index contributed by atoms with van der Waals surface area (Å²) in [5.74, 6) is 3.33. The first-order chi connectivity index (χ1) is 9.66. The van der Waals surface area contributed by atoms with Crippen LogP contribution in [0.3, 0.4) is 0 Å². The molecule has 0 aromatic rings. The van der Waals surface area contributed by atoms with Crippen molar-refractivity contribution in [1.82, 2.24) is 0 Å². The number of nitrogens with zero attached hydrogens (tertiary/aromatic N) is 2. The van der Waals surface area contributed by atoms with E-state index in [0.29, 0.717) is 0 Å². The fraction of sp³-hybridized carbons (Fsp3) is 1.00. The molecule has 0 aliphatic heterocycles. The summed E-state index contributed by atoms with van der Waals surface area (Å²) in [6.45, 7) is 7.76. The van der Waals surface area contributed by atoms with Gasteiger partial charge < -0.3 is 59.5 Å². The van der Waals surface area contributed by atoms with Crippen molar-refractivity contribution in [2.24, 2.45) is 0 Å². The van der Waals surface area contributed by atoms with Crippen molar-refractivity contribution >= 4 is 50.5 Å². The average Bonchev–Trinajstić information content (AvgIpc) is 2.15. The molecule has 0 saturated heterocycles. The Morgan fingerprint density at radius 3 is 0.435 bits per heavy atom. The van der Waals surface area contributed by atoms with Crippen LogP contribution in [0.25, 0.3) is 0 Å². The molecule has 0 heterocycles. The minimum atomic E-state index is 0. The quantitative estimate of drug-likeness (QED) is 0.410. The van der Waals surface area contributed by atoms with Crippen molar-refractivity contribution in [3.05, 3.63) is 0 Å². The molecule has 0 aromatic heterocycles. The van der Waals surface area contributed by atoms with E-state index in [2.05, 4.69) is 107 Å². The summed E-state index contributed by atoms with van der Waals surface area (Å²) in [5.41, 5.74) is 0. The predicted molar refractivity (Wildman–Crippen MR) is 120 cm³/mol. The van der Waals surface area contributed by atoms with Crippen LogP contribution < -0.4 is 0 Å². The summed E-state index contributed by atoms with van der Waals surface area (Å²) in [5, 5.41) is 0. The molecule has 7 heteroatoms. The molecule has 2 nitrogen and oxygen atoms in total. The molecule has 0 rings (SSSR count). The third kappa shape index (κ3) is 3400. The van der Waals surface area contributed by atoms with Crippen LogP contribution in [0.1, 0.15) is 27.7 Å². The Morgan fingerprint density at radius 1 is 0.435 bits per heavy atom. The molecule has 0 bridgehead atoms. The Bertz CT molecular complexity index is 107. The maximum absolute atomic E-state index is 4.39. The molecule has 0 amide bonds. The van der Waals surface area contributed by atoms with Crippen LogP contribution in [0.4, 0.5) is 0 Å². The molecule has 0 aliphatic rings. The summed E-state index contributed by atoms with van der Waals surface area (Å²) < 4.78 is 2.00. The maximum Gasteiger partial charge on any atom is 2.00 e. The second kappa shape index (κ2) is 39.1. The molecule has 0 N–H and O–H groups in total. The standard InChI is InChI=1S/2C4H12N.4C2H6S.Co/c2*1-5(2,3)4;4*1-2-3;/h2*1-4H3;4*3H,2H2,1H3;/q2*+1;;;;;+2/p-4. The Labute approximate surface area is 182 Å². The molecular weight excluding hydrogens is 407 g/mol. The third-order valence-corrected chi connectivity index (χ3v) is 0. The van der Waals surface area contributed by atoms with Crippen LogP contribution in [0.2, 0.25) is 0 Å². The van der Waals surface area contributed by atoms with E-state index in [1.807, 2.05) is 27.7 Å². The third-order valence-electron chi connectivity index (χ3n) is 0. The topological polar surface area (TPSA) is 0 Å². The Balaban J connectivity index is -0.0000000270. The zero-order valence-electron chi connectivity index (χ0n) is 17.7. The Hall–Kier alpha value is 1.83. The van der Waals surface area contributed by atoms with E-state index >= 15 is 0 Å². The van der Waals surface area contributed by atoms with Gasteiger partial charge in [-0.05, 0) is 0 Å². The fourth-order valence-electron chi connectivity index (χ4n) is 0. The largest absolute Gasteiger partial charge is 2.00 e. The van der Waals surface area contributed by atoms with Gasteiger partial charge in [0.15, 0.2) is 0 Å². The molecule has 0 aromatic carbocycles. The number of quaternary nitrogens is 2. The van der Waals surface area contributed by atoms with Crippen molar-refractivity contribution in [2.45, 2.75) is 27.7 Å². The van der Waals surface area contributed by atoms with Crippen molar-refractivity contribution in [3.63, 3.8) is 0 Å². The van der Waals surface area contributed by atoms with Gasteiger partial charge in [0.2, 0.25) is 0 Å². The molecule has 0 aliphatic carbocycles. The molecule has 0 atom stereocenters. The molecular formula is C16H44CoN2S4. The molecule has 151 valence electrons. The van der Waals surface area contributed by atoms with E-state index in [0.717, 1.165) is 32.0 Å². The molecule has 0 saturated carbocycles. The zero-order valence-corrected chi connectivity index (χ0v) is 22.0. The predicted octanol–water partition coefficient (Wildman–Crippen LogP) is 2.86. The van der Waals surface area contributed by atoms with Crippen LogP contribution >= 0.6 is 0 Å². The summed E-state index contributed by atoms with van der Waals surface area (Å²) in [7, 11) is 17.0. The monoisotopic (exact) mass is 451 g/mol. The maximum atomic E-state index is 4.39. The molecule has 23 heavy (non-hydrogen) atoms. The smallest absolute Gasteiger partial charge is 0.793 e. The van der Waals surface area contributed by atoms with Crippen LogP contribution in [-0.4, -0.2) is 88.4 Å². The fourth-order valence-corrected chi connectivity index (χ4v) is 0. The van der Waals surface area contributed by atoms with Gasteiger partial charge in [-0.1, -0.05) is 27.7 Å². The second-order valence-electron chi connectivity index (χ2n) is 6.52. The minimum Gasteiger partial charge on any atom is -0.793 e. The number of hydrogen-bond acceptors (Lipinski definition) is 4. The van der Waals surface area contributed by atoms with Gasteiger partial charge in [0.25, 0.3) is 0 Å². The first-order valence-electron chi connectivity index (χ1n) is 7.56. The minimum absolute atomic E-state index is 0. The van der Waals surface area contributed by atoms with Gasteiger partial charge in [-0.2, -0.15) is 23.0 Å². The number of hydrogen-bond donors (Lipinski definition) is 0. The van der Waals surface area contributed by atoms with E-state index in [-0.39, 0.29) is 16.8 Å². The van der Waals surface area contributed by atoms with Gasteiger partial charge in [0.1, 0.15) is 0 Å². The van der Waals surface area contributed by atoms with Gasteiger partial charge in [-0.15, -0.1) is 0 Å². The van der Waals surface area contributed by atoms with Gasteiger partial charge in [-0.25, -0.2) is 0 Å². The first-order valence-corrected chi connectivity index (χ1v) is 9.87. The Morgan fingerprint density at radius 2 is 0.435 bits per heavy atom. The van der Waals surface area contributed by atoms with Crippen molar-refractivity contribution in [2.75, 3.05) is 79.4 Å². The van der Waals surface area contributed by atoms with Crippen LogP contribution in [-0.2, 0) is 67.3 Å². The average molecular weight is 452 g/mol. The molecule has 0 fully saturated rings. The van der Waals surface area contributed by atoms with E-state index in [4.69, 9.17) is 0 Å². The molecule has 0 unspecified atom stereocenters. The Kier molecular flexibility index (Phi) is 75.3. The molecule has 0 spiro atoms. The molecule has 1 radical (unpaired) electrons. The zero-order chi connectivity index (χ0) is 19.8. The van der Waals surface area contributed by atoms with Crippen molar-refractivity contribution in [1.29, 1.82) is 0 Å². The summed E-state index contributed by atoms with van der Waals surface area (Å²) in [6, 6.07) is 0. The number of rotatable bonds is 0. The van der Waals surface area contributed by atoms with Gasteiger partial charge >= 0.3 is 16.8 Å². The van der Waals surface area contributed by atoms with E-state index in [1.165, 1.54) is 0 Å². The summed E-state index contributed by atoms with van der Waals surface area (Å²) in [4.78, 5) is 0. The van der Waals surface area contributed by atoms with Gasteiger partial charge in [0, 0.05) is 0 Å². The second-order valence-corrected chi connectivity index (χ2v) is 8.83. The SMILES string of the molecule is CC[S-].CC[S-].CC[S-].CC[S-].C[N+](C)(C)C.C[N+](C)(C)C.[Co+2]. The normalized spacial score (nSPS) is 8.35. The van der Waals surface area contributed by atoms with Crippen LogP contribution in [0.15, 0.2) is 0 Å². The van der Waals surface area contributed by atoms with Gasteiger partial charge in [-0.3, -0.25) is 0 Å². The van der Waals surface area contributed by atoms with Crippen molar-refractivity contribution < 1.29 is 25.7 Å². The van der Waals surface area contributed by atoms with Gasteiger partial charge in [0.05, 0.1) is 56.4 Å². The van der Waals surface area contributed by atoms with Crippen molar-refractivity contribution in [3.8, 4) is 0 Å². The summed E-state index contributed by atoms with van der Waals surface area (Å²) in [6.07, 6.45) is 0. The first kappa shape index (κ1) is 44.4.